The number of rotatable bonds is 2. The molecule has 2 rings (SSSR count). The van der Waals surface area contributed by atoms with E-state index in [0.717, 1.165) is 11.1 Å². The third kappa shape index (κ3) is 3.72. The smallest absolute Gasteiger partial charge is 0.0551 e. The van der Waals surface area contributed by atoms with Gasteiger partial charge in [-0.25, -0.2) is 0 Å². The van der Waals surface area contributed by atoms with E-state index in [-0.39, 0.29) is 6.04 Å². The highest BCUT2D eigenvalue weighted by Gasteiger charge is 2.06. The monoisotopic (exact) mass is 227 g/mol. The Hall–Kier alpha value is -1.60. The summed E-state index contributed by atoms with van der Waals surface area (Å²) in [6.45, 7) is 6.08. The van der Waals surface area contributed by atoms with E-state index in [1.54, 1.807) is 0 Å². The summed E-state index contributed by atoms with van der Waals surface area (Å²) >= 11 is 0. The first kappa shape index (κ1) is 13.5. The predicted molar refractivity (Wildman–Crippen MR) is 75.0 cm³/mol. The molecule has 0 radical (unpaired) electrons. The fraction of sp³-hybridized carbons (Fsp3) is 0.250. The zero-order valence-corrected chi connectivity index (χ0v) is 10.9. The summed E-state index contributed by atoms with van der Waals surface area (Å²) in [6.07, 6.45) is 0. The van der Waals surface area contributed by atoms with E-state index in [0.29, 0.717) is 0 Å². The quantitative estimate of drug-likeness (QED) is 0.822. The number of nitrogens with two attached hydrogens (primary N) is 1. The third-order valence-corrected chi connectivity index (χ3v) is 2.60. The fourth-order valence-electron chi connectivity index (χ4n) is 1.63. The highest BCUT2D eigenvalue weighted by molar-refractivity contribution is 5.32. The van der Waals surface area contributed by atoms with Crippen LogP contribution in [0, 0.1) is 6.92 Å². The molecule has 90 valence electrons. The Balaban J connectivity index is 0.000000686. The molecule has 0 saturated heterocycles. The van der Waals surface area contributed by atoms with Crippen LogP contribution < -0.4 is 5.73 Å². The number of benzene rings is 2. The molecule has 0 heterocycles. The standard InChI is InChI=1S/C14H15N.C2H6/c1-11-7-9-13(10-8-11)14(15)12-5-3-2-4-6-12;1-2/h2-10,14H,15H2,1H3;1-2H3. The third-order valence-electron chi connectivity index (χ3n) is 2.60. The lowest BCUT2D eigenvalue weighted by Gasteiger charge is -2.12. The zero-order valence-electron chi connectivity index (χ0n) is 10.9. The summed E-state index contributed by atoms with van der Waals surface area (Å²) < 4.78 is 0. The molecule has 0 aliphatic carbocycles. The highest BCUT2D eigenvalue weighted by atomic mass is 14.6. The van der Waals surface area contributed by atoms with Crippen LogP contribution in [0.2, 0.25) is 0 Å². The van der Waals surface area contributed by atoms with Crippen LogP contribution >= 0.6 is 0 Å². The first-order chi connectivity index (χ1) is 8.27. The molecular formula is C16H21N. The van der Waals surface area contributed by atoms with Crippen molar-refractivity contribution in [1.82, 2.24) is 0 Å². The molecule has 0 aliphatic rings. The molecule has 1 nitrogen and oxygen atoms in total. The van der Waals surface area contributed by atoms with Crippen molar-refractivity contribution in [3.05, 3.63) is 71.3 Å². The predicted octanol–water partition coefficient (Wildman–Crippen LogP) is 4.07. The van der Waals surface area contributed by atoms with Crippen LogP contribution in [0.3, 0.4) is 0 Å². The van der Waals surface area contributed by atoms with Gasteiger partial charge in [-0.05, 0) is 18.1 Å². The van der Waals surface area contributed by atoms with Crippen LogP contribution in [0.4, 0.5) is 0 Å². The van der Waals surface area contributed by atoms with Gasteiger partial charge in [-0.15, -0.1) is 0 Å². The van der Waals surface area contributed by atoms with Crippen molar-refractivity contribution < 1.29 is 0 Å². The fourth-order valence-corrected chi connectivity index (χ4v) is 1.63. The molecule has 0 aromatic heterocycles. The van der Waals surface area contributed by atoms with Gasteiger partial charge in [0.15, 0.2) is 0 Å². The van der Waals surface area contributed by atoms with Crippen molar-refractivity contribution in [1.29, 1.82) is 0 Å². The van der Waals surface area contributed by atoms with E-state index in [1.807, 2.05) is 32.0 Å². The summed E-state index contributed by atoms with van der Waals surface area (Å²) in [7, 11) is 0. The SMILES string of the molecule is CC.Cc1ccc(C(N)c2ccccc2)cc1. The highest BCUT2D eigenvalue weighted by Crippen LogP contribution is 2.19. The van der Waals surface area contributed by atoms with Crippen LogP contribution in [0.5, 0.6) is 0 Å². The first-order valence-electron chi connectivity index (χ1n) is 6.14. The first-order valence-corrected chi connectivity index (χ1v) is 6.14. The molecule has 2 aromatic rings. The number of hydrogen-bond acceptors (Lipinski definition) is 1. The number of hydrogen-bond donors (Lipinski definition) is 1. The van der Waals surface area contributed by atoms with Gasteiger partial charge < -0.3 is 5.73 Å². The lowest BCUT2D eigenvalue weighted by atomic mass is 9.99. The Bertz CT molecular complexity index is 417. The molecule has 17 heavy (non-hydrogen) atoms. The summed E-state index contributed by atoms with van der Waals surface area (Å²) in [5.74, 6) is 0. The Morgan fingerprint density at radius 3 is 1.76 bits per heavy atom. The van der Waals surface area contributed by atoms with Crippen LogP contribution in [0.25, 0.3) is 0 Å². The van der Waals surface area contributed by atoms with E-state index in [4.69, 9.17) is 5.73 Å². The summed E-state index contributed by atoms with van der Waals surface area (Å²) in [6, 6.07) is 18.5. The molecule has 0 fully saturated rings. The second-order valence-electron chi connectivity index (χ2n) is 3.80. The van der Waals surface area contributed by atoms with Crippen LogP contribution in [-0.2, 0) is 0 Å². The van der Waals surface area contributed by atoms with Gasteiger partial charge in [0.25, 0.3) is 0 Å². The molecular weight excluding hydrogens is 206 g/mol. The average molecular weight is 227 g/mol. The molecule has 1 heteroatoms. The van der Waals surface area contributed by atoms with E-state index >= 15 is 0 Å². The maximum atomic E-state index is 6.17. The molecule has 1 atom stereocenters. The molecule has 1 unspecified atom stereocenters. The average Bonchev–Trinajstić information content (AvgIpc) is 2.42. The minimum absolute atomic E-state index is 0.0215. The minimum Gasteiger partial charge on any atom is -0.320 e. The maximum absolute atomic E-state index is 6.17. The van der Waals surface area contributed by atoms with Gasteiger partial charge in [0.2, 0.25) is 0 Å². The molecule has 0 aliphatic heterocycles. The summed E-state index contributed by atoms with van der Waals surface area (Å²) in [5.41, 5.74) is 9.74. The maximum Gasteiger partial charge on any atom is 0.0551 e. The van der Waals surface area contributed by atoms with Crippen molar-refractivity contribution in [3.8, 4) is 0 Å². The molecule has 0 bridgehead atoms. The molecule has 2 aromatic carbocycles. The van der Waals surface area contributed by atoms with Gasteiger partial charge in [-0.2, -0.15) is 0 Å². The molecule has 0 saturated carbocycles. The summed E-state index contributed by atoms with van der Waals surface area (Å²) in [4.78, 5) is 0. The Kier molecular flexibility index (Phi) is 5.44. The van der Waals surface area contributed by atoms with E-state index in [1.165, 1.54) is 5.56 Å². The van der Waals surface area contributed by atoms with Gasteiger partial charge in [0.05, 0.1) is 6.04 Å². The summed E-state index contributed by atoms with van der Waals surface area (Å²) in [5, 5.41) is 0. The lowest BCUT2D eigenvalue weighted by molar-refractivity contribution is 0.871. The van der Waals surface area contributed by atoms with Crippen LogP contribution in [0.15, 0.2) is 54.6 Å². The van der Waals surface area contributed by atoms with Crippen LogP contribution in [0.1, 0.15) is 36.6 Å². The largest absolute Gasteiger partial charge is 0.320 e. The Morgan fingerprint density at radius 2 is 1.24 bits per heavy atom. The zero-order chi connectivity index (χ0) is 12.7. The van der Waals surface area contributed by atoms with Crippen molar-refractivity contribution in [2.75, 3.05) is 0 Å². The van der Waals surface area contributed by atoms with E-state index in [2.05, 4.69) is 43.3 Å². The minimum atomic E-state index is -0.0215. The Labute approximate surface area is 104 Å². The van der Waals surface area contributed by atoms with Crippen molar-refractivity contribution in [2.45, 2.75) is 26.8 Å². The molecule has 2 N–H and O–H groups in total. The topological polar surface area (TPSA) is 26.0 Å². The van der Waals surface area contributed by atoms with E-state index < -0.39 is 0 Å². The van der Waals surface area contributed by atoms with Gasteiger partial charge in [-0.1, -0.05) is 74.0 Å². The molecule has 0 amide bonds. The van der Waals surface area contributed by atoms with Crippen molar-refractivity contribution in [3.63, 3.8) is 0 Å². The van der Waals surface area contributed by atoms with Gasteiger partial charge in [-0.3, -0.25) is 0 Å². The normalized spacial score (nSPS) is 11.3. The number of aryl methyl sites for hydroxylation is 1. The van der Waals surface area contributed by atoms with Crippen molar-refractivity contribution >= 4 is 0 Å². The Morgan fingerprint density at radius 1 is 0.765 bits per heavy atom. The van der Waals surface area contributed by atoms with Gasteiger partial charge in [0, 0.05) is 0 Å². The van der Waals surface area contributed by atoms with E-state index in [9.17, 15) is 0 Å². The molecule has 0 spiro atoms. The van der Waals surface area contributed by atoms with Crippen molar-refractivity contribution in [2.24, 2.45) is 5.73 Å². The second kappa shape index (κ2) is 6.87. The van der Waals surface area contributed by atoms with Gasteiger partial charge >= 0.3 is 0 Å². The van der Waals surface area contributed by atoms with Gasteiger partial charge in [0.1, 0.15) is 0 Å². The second-order valence-corrected chi connectivity index (χ2v) is 3.80. The lowest BCUT2D eigenvalue weighted by Crippen LogP contribution is -2.11. The van der Waals surface area contributed by atoms with Crippen LogP contribution in [-0.4, -0.2) is 0 Å².